The molecular weight excluding hydrogens is 461 g/mol. The zero-order valence-corrected chi connectivity index (χ0v) is 18.9. The predicted molar refractivity (Wildman–Crippen MR) is 122 cm³/mol. The molecule has 2 heterocycles. The summed E-state index contributed by atoms with van der Waals surface area (Å²) in [5.74, 6) is -0.234. The fourth-order valence-corrected chi connectivity index (χ4v) is 4.87. The molecule has 0 saturated heterocycles. The maximum Gasteiger partial charge on any atom is 0.265 e. The summed E-state index contributed by atoms with van der Waals surface area (Å²) in [6.07, 6.45) is 1.26. The van der Waals surface area contributed by atoms with E-state index < -0.39 is 15.9 Å². The molecule has 0 fully saturated rings. The number of amides is 1. The van der Waals surface area contributed by atoms with E-state index in [2.05, 4.69) is 23.5 Å². The maximum atomic E-state index is 13.2. The quantitative estimate of drug-likeness (QED) is 0.491. The van der Waals surface area contributed by atoms with Gasteiger partial charge in [0.1, 0.15) is 12.4 Å². The molecule has 1 aliphatic heterocycles. The normalized spacial score (nSPS) is 14.1. The standard InChI is InChI=1S/C21H19Cl2N3O4S/c1-4-16(23)19(14(3)22)21(27)25-18-9-8-17-20(24-18)26(10-11-30-17)31(28,29)15-7-5-6-13(2)12-15/h4-9,12H,1,3,10-11H2,2H3,(H,24,25,27). The fraction of sp³-hybridized carbons (Fsp3) is 0.143. The van der Waals surface area contributed by atoms with Gasteiger partial charge in [-0.3, -0.25) is 4.79 Å². The van der Waals surface area contributed by atoms with Crippen LogP contribution in [-0.4, -0.2) is 32.5 Å². The third kappa shape index (κ3) is 4.76. The first kappa shape index (κ1) is 22.9. The maximum absolute atomic E-state index is 13.2. The number of nitrogens with zero attached hydrogens (tertiary/aromatic N) is 2. The average molecular weight is 480 g/mol. The average Bonchev–Trinajstić information content (AvgIpc) is 2.72. The Morgan fingerprint density at radius 2 is 2.03 bits per heavy atom. The Balaban J connectivity index is 1.99. The van der Waals surface area contributed by atoms with Gasteiger partial charge in [-0.15, -0.1) is 0 Å². The van der Waals surface area contributed by atoms with E-state index in [-0.39, 0.29) is 51.1 Å². The van der Waals surface area contributed by atoms with Crippen LogP contribution in [0.3, 0.4) is 0 Å². The number of pyridine rings is 1. The lowest BCUT2D eigenvalue weighted by Gasteiger charge is -2.29. The highest BCUT2D eigenvalue weighted by atomic mass is 35.5. The number of halogens is 2. The zero-order chi connectivity index (χ0) is 22.8. The van der Waals surface area contributed by atoms with Crippen LogP contribution in [0.15, 0.2) is 76.2 Å². The van der Waals surface area contributed by atoms with Gasteiger partial charge >= 0.3 is 0 Å². The lowest BCUT2D eigenvalue weighted by atomic mass is 10.2. The van der Waals surface area contributed by atoms with Crippen LogP contribution in [0, 0.1) is 6.92 Å². The van der Waals surface area contributed by atoms with Crippen LogP contribution in [0.1, 0.15) is 5.56 Å². The van der Waals surface area contributed by atoms with E-state index in [0.29, 0.717) is 0 Å². The van der Waals surface area contributed by atoms with Crippen LogP contribution < -0.4 is 14.4 Å². The van der Waals surface area contributed by atoms with Crippen LogP contribution >= 0.6 is 23.2 Å². The Kier molecular flexibility index (Phi) is 6.74. The van der Waals surface area contributed by atoms with Crippen molar-refractivity contribution < 1.29 is 17.9 Å². The van der Waals surface area contributed by atoms with E-state index in [1.54, 1.807) is 12.1 Å². The number of aryl methyl sites for hydroxylation is 1. The summed E-state index contributed by atoms with van der Waals surface area (Å²) in [4.78, 5) is 17.0. The molecule has 0 unspecified atom stereocenters. The molecule has 1 aromatic carbocycles. The summed E-state index contributed by atoms with van der Waals surface area (Å²) in [6, 6.07) is 9.59. The zero-order valence-electron chi connectivity index (χ0n) is 16.6. The van der Waals surface area contributed by atoms with Gasteiger partial charge in [0.15, 0.2) is 11.6 Å². The number of carbonyl (C=O) groups excluding carboxylic acids is 1. The van der Waals surface area contributed by atoms with Crippen molar-refractivity contribution in [1.29, 1.82) is 0 Å². The van der Waals surface area contributed by atoms with Crippen molar-refractivity contribution in [3.63, 3.8) is 0 Å². The van der Waals surface area contributed by atoms with Gasteiger partial charge in [0, 0.05) is 5.03 Å². The molecule has 0 aliphatic carbocycles. The Labute approximate surface area is 190 Å². The summed E-state index contributed by atoms with van der Waals surface area (Å²) in [7, 11) is -3.89. The summed E-state index contributed by atoms with van der Waals surface area (Å²) < 4.78 is 33.2. The van der Waals surface area contributed by atoms with Crippen LogP contribution in [0.25, 0.3) is 0 Å². The van der Waals surface area contributed by atoms with Gasteiger partial charge in [0.2, 0.25) is 0 Å². The highest BCUT2D eigenvalue weighted by molar-refractivity contribution is 7.92. The summed E-state index contributed by atoms with van der Waals surface area (Å²) in [5, 5.41) is 2.49. The van der Waals surface area contributed by atoms with E-state index in [0.717, 1.165) is 9.87 Å². The first-order valence-corrected chi connectivity index (χ1v) is 11.3. The smallest absolute Gasteiger partial charge is 0.265 e. The highest BCUT2D eigenvalue weighted by Gasteiger charge is 2.32. The first-order valence-electron chi connectivity index (χ1n) is 9.06. The molecule has 31 heavy (non-hydrogen) atoms. The Morgan fingerprint density at radius 3 is 2.68 bits per heavy atom. The first-order chi connectivity index (χ1) is 14.6. The molecule has 1 N–H and O–H groups in total. The number of aromatic nitrogens is 1. The number of ether oxygens (including phenoxy) is 1. The lowest BCUT2D eigenvalue weighted by molar-refractivity contribution is -0.112. The van der Waals surface area contributed by atoms with Crippen LogP contribution in [0.5, 0.6) is 5.75 Å². The summed E-state index contributed by atoms with van der Waals surface area (Å²) in [5.41, 5.74) is 0.738. The number of hydrogen-bond donors (Lipinski definition) is 1. The van der Waals surface area contributed by atoms with Crippen LogP contribution in [0.4, 0.5) is 11.6 Å². The van der Waals surface area contributed by atoms with Crippen LogP contribution in [-0.2, 0) is 14.8 Å². The SMILES string of the molecule is C=CC(Cl)=C(C(=C)Cl)C(=O)Nc1ccc2c(n1)N(S(=O)(=O)c1cccc(C)c1)CCO2. The predicted octanol–water partition coefficient (Wildman–Crippen LogP) is 4.35. The number of benzene rings is 1. The molecule has 0 atom stereocenters. The summed E-state index contributed by atoms with van der Waals surface area (Å²) >= 11 is 11.9. The molecular formula is C21H19Cl2N3O4S. The molecule has 1 amide bonds. The number of hydrogen-bond acceptors (Lipinski definition) is 5. The van der Waals surface area contributed by atoms with E-state index in [9.17, 15) is 13.2 Å². The molecule has 10 heteroatoms. The van der Waals surface area contributed by atoms with Crippen molar-refractivity contribution in [2.75, 3.05) is 22.8 Å². The molecule has 0 radical (unpaired) electrons. The molecule has 1 aromatic heterocycles. The van der Waals surface area contributed by atoms with E-state index in [1.807, 2.05) is 13.0 Å². The van der Waals surface area contributed by atoms with E-state index >= 15 is 0 Å². The third-order valence-corrected chi connectivity index (χ3v) is 6.68. The van der Waals surface area contributed by atoms with E-state index in [1.165, 1.54) is 24.3 Å². The Hall–Kier alpha value is -2.81. The van der Waals surface area contributed by atoms with Gasteiger partial charge in [0.25, 0.3) is 15.9 Å². The van der Waals surface area contributed by atoms with Gasteiger partial charge in [0.05, 0.1) is 22.0 Å². The number of sulfonamides is 1. The number of rotatable bonds is 6. The number of fused-ring (bicyclic) bond motifs is 1. The third-order valence-electron chi connectivity index (χ3n) is 4.36. The minimum absolute atomic E-state index is 0.0162. The number of nitrogens with one attached hydrogen (secondary N) is 1. The van der Waals surface area contributed by atoms with Crippen molar-refractivity contribution in [1.82, 2.24) is 4.98 Å². The number of allylic oxidation sites excluding steroid dienone is 2. The minimum Gasteiger partial charge on any atom is -0.488 e. The second-order valence-corrected chi connectivity index (χ2v) is 9.27. The van der Waals surface area contributed by atoms with Crippen molar-refractivity contribution in [2.45, 2.75) is 11.8 Å². The number of anilines is 2. The van der Waals surface area contributed by atoms with Crippen molar-refractivity contribution in [2.24, 2.45) is 0 Å². The van der Waals surface area contributed by atoms with Gasteiger partial charge in [-0.25, -0.2) is 17.7 Å². The fourth-order valence-electron chi connectivity index (χ4n) is 2.92. The topological polar surface area (TPSA) is 88.6 Å². The van der Waals surface area contributed by atoms with Gasteiger partial charge in [-0.05, 0) is 42.8 Å². The molecule has 0 saturated carbocycles. The minimum atomic E-state index is -3.89. The highest BCUT2D eigenvalue weighted by Crippen LogP contribution is 2.35. The van der Waals surface area contributed by atoms with Crippen molar-refractivity contribution in [3.8, 4) is 5.75 Å². The van der Waals surface area contributed by atoms with Crippen molar-refractivity contribution >= 4 is 50.8 Å². The molecule has 2 aromatic rings. The van der Waals surface area contributed by atoms with Crippen LogP contribution in [0.2, 0.25) is 0 Å². The molecule has 3 rings (SSSR count). The van der Waals surface area contributed by atoms with E-state index in [4.69, 9.17) is 27.9 Å². The molecule has 1 aliphatic rings. The lowest BCUT2D eigenvalue weighted by Crippen LogP contribution is -2.38. The second-order valence-electron chi connectivity index (χ2n) is 6.55. The second kappa shape index (κ2) is 9.13. The van der Waals surface area contributed by atoms with Crippen molar-refractivity contribution in [3.05, 3.63) is 76.8 Å². The molecule has 7 nitrogen and oxygen atoms in total. The number of carbonyl (C=O) groups is 1. The monoisotopic (exact) mass is 479 g/mol. The Bertz CT molecular complexity index is 1210. The van der Waals surface area contributed by atoms with Gasteiger partial charge in [-0.2, -0.15) is 0 Å². The Morgan fingerprint density at radius 1 is 1.29 bits per heavy atom. The van der Waals surface area contributed by atoms with Gasteiger partial charge < -0.3 is 10.1 Å². The molecule has 0 spiro atoms. The molecule has 162 valence electrons. The van der Waals surface area contributed by atoms with Gasteiger partial charge in [-0.1, -0.05) is 48.5 Å². The summed E-state index contributed by atoms with van der Waals surface area (Å²) in [6.45, 7) is 9.08. The molecule has 0 bridgehead atoms. The largest absolute Gasteiger partial charge is 0.488 e.